The Hall–Kier alpha value is -2.14. The third-order valence-corrected chi connectivity index (χ3v) is 2.38. The highest BCUT2D eigenvalue weighted by molar-refractivity contribution is 5.68. The molecule has 0 aliphatic heterocycles. The van der Waals surface area contributed by atoms with E-state index in [1.165, 1.54) is 5.56 Å². The Morgan fingerprint density at radius 2 is 2.11 bits per heavy atom. The molecule has 94 valence electrons. The number of aliphatic carboxylic acids is 1. The van der Waals surface area contributed by atoms with Crippen molar-refractivity contribution in [3.05, 3.63) is 41.7 Å². The highest BCUT2D eigenvalue weighted by atomic mass is 16.5. The highest BCUT2D eigenvalue weighted by Gasteiger charge is 2.07. The van der Waals surface area contributed by atoms with Gasteiger partial charge in [0.15, 0.2) is 5.76 Å². The molecule has 5 heteroatoms. The number of aryl methyl sites for hydroxylation is 1. The maximum absolute atomic E-state index is 10.3. The molecule has 0 saturated carbocycles. The van der Waals surface area contributed by atoms with Crippen LogP contribution in [0.25, 0.3) is 11.3 Å². The average molecular weight is 247 g/mol. The summed E-state index contributed by atoms with van der Waals surface area (Å²) in [6.45, 7) is 1.77. The fraction of sp³-hybridized carbons (Fsp3) is 0.231. The predicted octanol–water partition coefficient (Wildman–Crippen LogP) is 2.25. The van der Waals surface area contributed by atoms with Crippen molar-refractivity contribution in [2.45, 2.75) is 13.5 Å². The topological polar surface area (TPSA) is 72.6 Å². The van der Waals surface area contributed by atoms with Gasteiger partial charge < -0.3 is 14.4 Å². The zero-order valence-electron chi connectivity index (χ0n) is 9.92. The Morgan fingerprint density at radius 1 is 1.39 bits per heavy atom. The van der Waals surface area contributed by atoms with Gasteiger partial charge in [-0.25, -0.2) is 4.79 Å². The monoisotopic (exact) mass is 247 g/mol. The number of hydrogen-bond acceptors (Lipinski definition) is 4. The predicted molar refractivity (Wildman–Crippen MR) is 64.0 cm³/mol. The molecule has 0 radical (unpaired) electrons. The van der Waals surface area contributed by atoms with E-state index in [4.69, 9.17) is 14.4 Å². The van der Waals surface area contributed by atoms with Crippen LogP contribution < -0.4 is 0 Å². The molecule has 0 unspecified atom stereocenters. The maximum atomic E-state index is 10.3. The number of carbonyl (C=O) groups is 1. The van der Waals surface area contributed by atoms with Gasteiger partial charge in [0.2, 0.25) is 0 Å². The average Bonchev–Trinajstić information content (AvgIpc) is 2.78. The zero-order chi connectivity index (χ0) is 13.0. The van der Waals surface area contributed by atoms with Gasteiger partial charge in [-0.1, -0.05) is 35.0 Å². The van der Waals surface area contributed by atoms with Crippen LogP contribution in [0.3, 0.4) is 0 Å². The van der Waals surface area contributed by atoms with Gasteiger partial charge in [0, 0.05) is 11.6 Å². The van der Waals surface area contributed by atoms with Crippen molar-refractivity contribution >= 4 is 5.97 Å². The molecule has 2 aromatic rings. The molecule has 0 fully saturated rings. The van der Waals surface area contributed by atoms with E-state index in [2.05, 4.69) is 5.16 Å². The van der Waals surface area contributed by atoms with Crippen LogP contribution in [0, 0.1) is 6.92 Å². The molecule has 0 spiro atoms. The van der Waals surface area contributed by atoms with Crippen molar-refractivity contribution in [1.82, 2.24) is 5.16 Å². The quantitative estimate of drug-likeness (QED) is 0.877. The van der Waals surface area contributed by atoms with Gasteiger partial charge in [-0.05, 0) is 6.92 Å². The molecule has 0 amide bonds. The van der Waals surface area contributed by atoms with E-state index in [0.717, 1.165) is 5.56 Å². The van der Waals surface area contributed by atoms with Crippen LogP contribution in [0.2, 0.25) is 0 Å². The number of aromatic nitrogens is 1. The van der Waals surface area contributed by atoms with Gasteiger partial charge in [0.25, 0.3) is 0 Å². The summed E-state index contributed by atoms with van der Waals surface area (Å²) in [6, 6.07) is 9.63. The fourth-order valence-electron chi connectivity index (χ4n) is 1.48. The Labute approximate surface area is 104 Å². The summed E-state index contributed by atoms with van der Waals surface area (Å²) in [7, 11) is 0. The lowest BCUT2D eigenvalue weighted by molar-refractivity contribution is -0.142. The van der Waals surface area contributed by atoms with Crippen molar-refractivity contribution < 1.29 is 19.2 Å². The fourth-order valence-corrected chi connectivity index (χ4v) is 1.48. The van der Waals surface area contributed by atoms with E-state index in [1.54, 1.807) is 6.07 Å². The molecule has 1 aromatic carbocycles. The minimum atomic E-state index is -1.01. The van der Waals surface area contributed by atoms with Gasteiger partial charge in [-0.2, -0.15) is 0 Å². The van der Waals surface area contributed by atoms with Crippen molar-refractivity contribution in [2.24, 2.45) is 0 Å². The Balaban J connectivity index is 2.01. The molecular weight excluding hydrogens is 234 g/mol. The van der Waals surface area contributed by atoms with Crippen LogP contribution in [0.1, 0.15) is 11.3 Å². The summed E-state index contributed by atoms with van der Waals surface area (Å²) >= 11 is 0. The maximum Gasteiger partial charge on any atom is 0.329 e. The van der Waals surface area contributed by atoms with Gasteiger partial charge in [0.1, 0.15) is 18.9 Å². The first-order chi connectivity index (χ1) is 8.65. The summed E-state index contributed by atoms with van der Waals surface area (Å²) in [6.07, 6.45) is 0. The van der Waals surface area contributed by atoms with Crippen LogP contribution in [-0.4, -0.2) is 22.8 Å². The molecule has 0 aliphatic carbocycles. The van der Waals surface area contributed by atoms with Crippen molar-refractivity contribution in [3.63, 3.8) is 0 Å². The number of carboxylic acid groups (broad SMARTS) is 1. The molecule has 5 nitrogen and oxygen atoms in total. The van der Waals surface area contributed by atoms with Gasteiger partial charge >= 0.3 is 5.97 Å². The highest BCUT2D eigenvalue weighted by Crippen LogP contribution is 2.19. The number of carboxylic acids is 1. The minimum Gasteiger partial charge on any atom is -0.480 e. The number of rotatable bonds is 5. The molecular formula is C13H13NO4. The second-order valence-electron chi connectivity index (χ2n) is 3.93. The molecule has 2 rings (SSSR count). The first-order valence-electron chi connectivity index (χ1n) is 5.47. The van der Waals surface area contributed by atoms with Crippen LogP contribution in [-0.2, 0) is 16.1 Å². The largest absolute Gasteiger partial charge is 0.480 e. The van der Waals surface area contributed by atoms with E-state index >= 15 is 0 Å². The van der Waals surface area contributed by atoms with Gasteiger partial charge in [-0.3, -0.25) is 0 Å². The number of benzene rings is 1. The summed E-state index contributed by atoms with van der Waals surface area (Å²) in [5.74, 6) is -0.500. The second-order valence-corrected chi connectivity index (χ2v) is 3.93. The summed E-state index contributed by atoms with van der Waals surface area (Å²) in [4.78, 5) is 10.3. The van der Waals surface area contributed by atoms with E-state index < -0.39 is 5.97 Å². The Kier molecular flexibility index (Phi) is 3.74. The minimum absolute atomic E-state index is 0.102. The van der Waals surface area contributed by atoms with E-state index in [1.807, 2.05) is 31.2 Å². The standard InChI is InChI=1S/C13H13NO4/c1-9-2-4-10(5-3-9)12-6-11(18-14-12)7-17-8-13(15)16/h2-6H,7-8H2,1H3,(H,15,16). The molecule has 1 heterocycles. The number of hydrogen-bond donors (Lipinski definition) is 1. The normalized spacial score (nSPS) is 10.5. The van der Waals surface area contributed by atoms with Crippen LogP contribution in [0.5, 0.6) is 0 Å². The van der Waals surface area contributed by atoms with Crippen molar-refractivity contribution in [3.8, 4) is 11.3 Å². The lowest BCUT2D eigenvalue weighted by Crippen LogP contribution is -2.06. The summed E-state index contributed by atoms with van der Waals surface area (Å²) in [5, 5.41) is 12.3. The lowest BCUT2D eigenvalue weighted by Gasteiger charge is -1.96. The molecule has 0 aliphatic rings. The first-order valence-corrected chi connectivity index (χ1v) is 5.47. The molecule has 0 bridgehead atoms. The zero-order valence-corrected chi connectivity index (χ0v) is 9.92. The van der Waals surface area contributed by atoms with E-state index in [0.29, 0.717) is 11.5 Å². The Bertz CT molecular complexity index is 530. The van der Waals surface area contributed by atoms with E-state index in [9.17, 15) is 4.79 Å². The molecule has 1 N–H and O–H groups in total. The van der Waals surface area contributed by atoms with Crippen molar-refractivity contribution in [1.29, 1.82) is 0 Å². The van der Waals surface area contributed by atoms with Gasteiger partial charge in [-0.15, -0.1) is 0 Å². The Morgan fingerprint density at radius 3 is 2.78 bits per heavy atom. The molecule has 0 saturated heterocycles. The van der Waals surface area contributed by atoms with E-state index in [-0.39, 0.29) is 13.2 Å². The first kappa shape index (κ1) is 12.3. The number of nitrogens with zero attached hydrogens (tertiary/aromatic N) is 1. The number of ether oxygens (including phenoxy) is 1. The summed E-state index contributed by atoms with van der Waals surface area (Å²) in [5.41, 5.74) is 2.84. The third-order valence-electron chi connectivity index (χ3n) is 2.38. The lowest BCUT2D eigenvalue weighted by atomic mass is 10.1. The summed E-state index contributed by atoms with van der Waals surface area (Å²) < 4.78 is 9.98. The molecule has 18 heavy (non-hydrogen) atoms. The molecule has 1 aromatic heterocycles. The van der Waals surface area contributed by atoms with Crippen LogP contribution in [0.15, 0.2) is 34.9 Å². The van der Waals surface area contributed by atoms with Gasteiger partial charge in [0.05, 0.1) is 0 Å². The SMILES string of the molecule is Cc1ccc(-c2cc(COCC(=O)O)on2)cc1. The van der Waals surface area contributed by atoms with Crippen molar-refractivity contribution in [2.75, 3.05) is 6.61 Å². The third kappa shape index (κ3) is 3.18. The van der Waals surface area contributed by atoms with Crippen LogP contribution in [0.4, 0.5) is 0 Å². The smallest absolute Gasteiger partial charge is 0.329 e. The van der Waals surface area contributed by atoms with Crippen LogP contribution >= 0.6 is 0 Å². The second kappa shape index (κ2) is 5.46. The molecule has 0 atom stereocenters.